The van der Waals surface area contributed by atoms with Crippen molar-refractivity contribution in [3.63, 3.8) is 0 Å². The second kappa shape index (κ2) is 10.2. The van der Waals surface area contributed by atoms with Crippen molar-refractivity contribution < 1.29 is 23.5 Å². The summed E-state index contributed by atoms with van der Waals surface area (Å²) in [6, 6.07) is 12.1. The van der Waals surface area contributed by atoms with Gasteiger partial charge < -0.3 is 24.5 Å². The Labute approximate surface area is 188 Å². The van der Waals surface area contributed by atoms with Crippen molar-refractivity contribution in [2.45, 2.75) is 13.3 Å². The van der Waals surface area contributed by atoms with Gasteiger partial charge in [-0.05, 0) is 60.9 Å². The van der Waals surface area contributed by atoms with Gasteiger partial charge in [0.05, 0.1) is 20.5 Å². The van der Waals surface area contributed by atoms with Gasteiger partial charge in [-0.15, -0.1) is 0 Å². The highest BCUT2D eigenvalue weighted by Gasteiger charge is 2.14. The van der Waals surface area contributed by atoms with E-state index in [1.54, 1.807) is 44.6 Å². The zero-order valence-corrected chi connectivity index (χ0v) is 19.0. The molecule has 0 aliphatic carbocycles. The quantitative estimate of drug-likeness (QED) is 0.485. The molecule has 0 atom stereocenters. The van der Waals surface area contributed by atoms with Gasteiger partial charge in [0.25, 0.3) is 11.8 Å². The van der Waals surface area contributed by atoms with Crippen LogP contribution in [0.3, 0.4) is 0 Å². The average molecular weight is 487 g/mol. The van der Waals surface area contributed by atoms with Gasteiger partial charge in [-0.1, -0.05) is 22.0 Å². The minimum atomic E-state index is -0.371. The summed E-state index contributed by atoms with van der Waals surface area (Å²) in [5.74, 6) is 0.859. The largest absolute Gasteiger partial charge is 0.493 e. The molecule has 0 saturated heterocycles. The van der Waals surface area contributed by atoms with Crippen molar-refractivity contribution in [3.8, 4) is 11.5 Å². The van der Waals surface area contributed by atoms with Crippen molar-refractivity contribution in [2.24, 2.45) is 0 Å². The van der Waals surface area contributed by atoms with Crippen LogP contribution in [0, 0.1) is 6.92 Å². The minimum Gasteiger partial charge on any atom is -0.493 e. The third-order valence-electron chi connectivity index (χ3n) is 4.73. The van der Waals surface area contributed by atoms with Crippen LogP contribution in [0.1, 0.15) is 32.0 Å². The molecule has 3 rings (SSSR count). The van der Waals surface area contributed by atoms with E-state index in [0.29, 0.717) is 35.7 Å². The lowest BCUT2D eigenvalue weighted by atomic mass is 10.1. The first-order valence-corrected chi connectivity index (χ1v) is 10.4. The molecule has 0 aliphatic rings. The number of anilines is 1. The Balaban J connectivity index is 1.64. The Morgan fingerprint density at radius 2 is 1.77 bits per heavy atom. The van der Waals surface area contributed by atoms with Gasteiger partial charge in [0.15, 0.2) is 17.3 Å². The highest BCUT2D eigenvalue weighted by molar-refractivity contribution is 9.10. The molecule has 0 unspecified atom stereocenters. The zero-order valence-electron chi connectivity index (χ0n) is 17.5. The molecule has 3 aromatic rings. The fraction of sp³-hybridized carbons (Fsp3) is 0.217. The molecule has 2 amide bonds. The summed E-state index contributed by atoms with van der Waals surface area (Å²) in [6.07, 6.45) is 2.03. The molecule has 2 aromatic carbocycles. The molecule has 31 heavy (non-hydrogen) atoms. The van der Waals surface area contributed by atoms with Crippen molar-refractivity contribution in [2.75, 3.05) is 26.1 Å². The Kier molecular flexibility index (Phi) is 7.36. The number of rotatable bonds is 8. The summed E-state index contributed by atoms with van der Waals surface area (Å²) in [4.78, 5) is 24.9. The SMILES string of the molecule is COc1cc(Br)c(CCNC(=O)c2ccc(C)c(NC(=O)c3ccco3)c2)cc1OC. The first-order chi connectivity index (χ1) is 14.9. The van der Waals surface area contributed by atoms with E-state index in [9.17, 15) is 9.59 Å². The van der Waals surface area contributed by atoms with Gasteiger partial charge in [0, 0.05) is 22.3 Å². The maximum absolute atomic E-state index is 12.6. The Bertz CT molecular complexity index is 1080. The lowest BCUT2D eigenvalue weighted by Gasteiger charge is -2.13. The van der Waals surface area contributed by atoms with Crippen LogP contribution in [0.5, 0.6) is 11.5 Å². The number of hydrogen-bond donors (Lipinski definition) is 2. The molecule has 1 aromatic heterocycles. The number of aryl methyl sites for hydroxylation is 1. The Hall–Kier alpha value is -3.26. The molecule has 7 nitrogen and oxygen atoms in total. The molecule has 0 radical (unpaired) electrons. The van der Waals surface area contributed by atoms with Crippen LogP contribution in [0.25, 0.3) is 0 Å². The topological polar surface area (TPSA) is 89.8 Å². The lowest BCUT2D eigenvalue weighted by molar-refractivity contribution is 0.0952. The second-order valence-electron chi connectivity index (χ2n) is 6.77. The van der Waals surface area contributed by atoms with Gasteiger partial charge >= 0.3 is 0 Å². The number of nitrogens with one attached hydrogen (secondary N) is 2. The number of carbonyl (C=O) groups excluding carboxylic acids is 2. The summed E-state index contributed by atoms with van der Waals surface area (Å²) >= 11 is 3.52. The number of hydrogen-bond acceptors (Lipinski definition) is 5. The molecule has 0 aliphatic heterocycles. The van der Waals surface area contributed by atoms with Crippen LogP contribution in [-0.4, -0.2) is 32.6 Å². The van der Waals surface area contributed by atoms with E-state index in [1.165, 1.54) is 6.26 Å². The van der Waals surface area contributed by atoms with Crippen LogP contribution < -0.4 is 20.1 Å². The zero-order chi connectivity index (χ0) is 22.4. The summed E-state index contributed by atoms with van der Waals surface area (Å²) in [5.41, 5.74) is 2.82. The van der Waals surface area contributed by atoms with E-state index in [0.717, 1.165) is 15.6 Å². The number of halogens is 1. The Morgan fingerprint density at radius 1 is 1.03 bits per heavy atom. The summed E-state index contributed by atoms with van der Waals surface area (Å²) in [6.45, 7) is 2.28. The molecule has 0 bridgehead atoms. The standard InChI is InChI=1S/C23H23BrN2O5/c1-14-6-7-16(11-18(14)26-23(28)19-5-4-10-31-19)22(27)25-9-8-15-12-20(29-2)21(30-3)13-17(15)24/h4-7,10-13H,8-9H2,1-3H3,(H,25,27)(H,26,28). The van der Waals surface area contributed by atoms with E-state index in [-0.39, 0.29) is 17.6 Å². The van der Waals surface area contributed by atoms with Crippen molar-refractivity contribution in [1.82, 2.24) is 5.32 Å². The van der Waals surface area contributed by atoms with E-state index in [2.05, 4.69) is 26.6 Å². The van der Waals surface area contributed by atoms with Crippen LogP contribution in [-0.2, 0) is 6.42 Å². The third kappa shape index (κ3) is 5.46. The van der Waals surface area contributed by atoms with Crippen LogP contribution in [0.15, 0.2) is 57.6 Å². The van der Waals surface area contributed by atoms with Gasteiger partial charge in [-0.25, -0.2) is 0 Å². The number of carbonyl (C=O) groups is 2. The van der Waals surface area contributed by atoms with E-state index < -0.39 is 0 Å². The average Bonchev–Trinajstić information content (AvgIpc) is 3.31. The second-order valence-corrected chi connectivity index (χ2v) is 7.62. The predicted octanol–water partition coefficient (Wildman–Crippen LogP) is 4.59. The predicted molar refractivity (Wildman–Crippen MR) is 121 cm³/mol. The fourth-order valence-corrected chi connectivity index (χ4v) is 3.51. The molecule has 162 valence electrons. The van der Waals surface area contributed by atoms with Crippen molar-refractivity contribution in [1.29, 1.82) is 0 Å². The maximum atomic E-state index is 12.6. The van der Waals surface area contributed by atoms with Gasteiger partial charge in [-0.2, -0.15) is 0 Å². The molecule has 1 heterocycles. The lowest BCUT2D eigenvalue weighted by Crippen LogP contribution is -2.26. The first-order valence-electron chi connectivity index (χ1n) is 9.57. The molecule has 0 saturated carbocycles. The molecule has 0 spiro atoms. The van der Waals surface area contributed by atoms with Crippen LogP contribution >= 0.6 is 15.9 Å². The molecular weight excluding hydrogens is 464 g/mol. The summed E-state index contributed by atoms with van der Waals surface area (Å²) in [7, 11) is 3.16. The minimum absolute atomic E-state index is 0.203. The summed E-state index contributed by atoms with van der Waals surface area (Å²) in [5, 5.41) is 5.68. The number of ether oxygens (including phenoxy) is 2. The highest BCUT2D eigenvalue weighted by atomic mass is 79.9. The van der Waals surface area contributed by atoms with Crippen molar-refractivity contribution >= 4 is 33.4 Å². The smallest absolute Gasteiger partial charge is 0.291 e. The number of amides is 2. The number of benzene rings is 2. The van der Waals surface area contributed by atoms with Crippen LogP contribution in [0.2, 0.25) is 0 Å². The van der Waals surface area contributed by atoms with E-state index in [1.807, 2.05) is 19.1 Å². The fourth-order valence-electron chi connectivity index (χ4n) is 2.99. The monoisotopic (exact) mass is 486 g/mol. The van der Waals surface area contributed by atoms with Crippen LogP contribution in [0.4, 0.5) is 5.69 Å². The first kappa shape index (κ1) is 22.4. The number of furan rings is 1. The van der Waals surface area contributed by atoms with E-state index >= 15 is 0 Å². The Morgan fingerprint density at radius 3 is 2.45 bits per heavy atom. The third-order valence-corrected chi connectivity index (χ3v) is 5.46. The molecule has 2 N–H and O–H groups in total. The number of methoxy groups -OCH3 is 2. The molecular formula is C23H23BrN2O5. The maximum Gasteiger partial charge on any atom is 0.291 e. The molecule has 0 fully saturated rings. The van der Waals surface area contributed by atoms with Gasteiger partial charge in [0.2, 0.25) is 0 Å². The van der Waals surface area contributed by atoms with Gasteiger partial charge in [0.1, 0.15) is 0 Å². The van der Waals surface area contributed by atoms with Crippen molar-refractivity contribution in [3.05, 3.63) is 75.7 Å². The van der Waals surface area contributed by atoms with Gasteiger partial charge in [-0.3, -0.25) is 9.59 Å². The molecule has 8 heteroatoms. The van der Waals surface area contributed by atoms with E-state index in [4.69, 9.17) is 13.9 Å². The summed E-state index contributed by atoms with van der Waals surface area (Å²) < 4.78 is 16.6. The normalized spacial score (nSPS) is 10.5. The highest BCUT2D eigenvalue weighted by Crippen LogP contribution is 2.33.